The topological polar surface area (TPSA) is 24.4 Å². The van der Waals surface area contributed by atoms with Gasteiger partial charge in [-0.1, -0.05) is 11.6 Å². The Hall–Kier alpha value is -0.500. The highest BCUT2D eigenvalue weighted by molar-refractivity contribution is 6.29. The van der Waals surface area contributed by atoms with Gasteiger partial charge in [0, 0.05) is 19.5 Å². The molecule has 2 nitrogen and oxygen atoms in total. The van der Waals surface area contributed by atoms with Gasteiger partial charge in [-0.2, -0.15) is 0 Å². The van der Waals surface area contributed by atoms with E-state index in [0.717, 1.165) is 0 Å². The molecule has 0 heterocycles. The number of hydrogen-bond donors (Lipinski definition) is 1. The molecule has 0 spiro atoms. The monoisotopic (exact) mass is 132 g/mol. The Bertz CT molecular complexity index is 107. The number of nitrogens with zero attached hydrogens (tertiary/aromatic N) is 1. The molecular formula is C5H9ClN2. The molecule has 0 fully saturated rings. The summed E-state index contributed by atoms with van der Waals surface area (Å²) < 4.78 is 0. The van der Waals surface area contributed by atoms with E-state index in [0.29, 0.717) is 5.16 Å². The summed E-state index contributed by atoms with van der Waals surface area (Å²) in [6.45, 7) is 1.81. The fraction of sp³-hybridized carbons (Fsp3) is 0.400. The lowest BCUT2D eigenvalue weighted by atomic mass is 10.8. The summed E-state index contributed by atoms with van der Waals surface area (Å²) in [4.78, 5) is 3.75. The second kappa shape index (κ2) is 4.65. The third-order valence-electron chi connectivity index (χ3n) is 0.516. The van der Waals surface area contributed by atoms with E-state index in [2.05, 4.69) is 10.3 Å². The Balaban J connectivity index is 3.61. The van der Waals surface area contributed by atoms with E-state index >= 15 is 0 Å². The van der Waals surface area contributed by atoms with E-state index in [1.54, 1.807) is 19.5 Å². The predicted molar refractivity (Wildman–Crippen MR) is 37.2 cm³/mol. The first-order valence-corrected chi connectivity index (χ1v) is 2.70. The average Bonchev–Trinajstić information content (AvgIpc) is 1.68. The summed E-state index contributed by atoms with van der Waals surface area (Å²) in [5.74, 6) is 0. The van der Waals surface area contributed by atoms with Crippen molar-refractivity contribution < 1.29 is 0 Å². The minimum absolute atomic E-state index is 0.468. The summed E-state index contributed by atoms with van der Waals surface area (Å²) in [5, 5.41) is 3.21. The molecular weight excluding hydrogens is 124 g/mol. The summed E-state index contributed by atoms with van der Waals surface area (Å²) >= 11 is 5.48. The van der Waals surface area contributed by atoms with Crippen LogP contribution in [0.5, 0.6) is 0 Å². The molecule has 0 aliphatic heterocycles. The van der Waals surface area contributed by atoms with Gasteiger partial charge in [-0.05, 0) is 6.92 Å². The first kappa shape index (κ1) is 7.50. The molecule has 0 aromatic rings. The van der Waals surface area contributed by atoms with Crippen molar-refractivity contribution in [2.75, 3.05) is 7.05 Å². The normalized spacial score (nSPS) is 12.6. The molecule has 0 rings (SSSR count). The zero-order valence-electron chi connectivity index (χ0n) is 4.98. The molecule has 1 N–H and O–H groups in total. The van der Waals surface area contributed by atoms with Gasteiger partial charge in [-0.3, -0.25) is 0 Å². The molecule has 3 heteroatoms. The number of rotatable bonds is 2. The standard InChI is InChI=1S/C5H9ClN2/c1-3-8-5(6)4-7-2/h3-4,7H,1-2H3/b5-4-,8-3?. The van der Waals surface area contributed by atoms with Gasteiger partial charge in [-0.15, -0.1) is 0 Å². The van der Waals surface area contributed by atoms with E-state index in [4.69, 9.17) is 11.6 Å². The Kier molecular flexibility index (Phi) is 4.36. The van der Waals surface area contributed by atoms with Crippen molar-refractivity contribution in [1.82, 2.24) is 5.32 Å². The van der Waals surface area contributed by atoms with E-state index in [9.17, 15) is 0 Å². The zero-order chi connectivity index (χ0) is 6.41. The van der Waals surface area contributed by atoms with Crippen LogP contribution in [0.15, 0.2) is 16.3 Å². The van der Waals surface area contributed by atoms with Gasteiger partial charge >= 0.3 is 0 Å². The van der Waals surface area contributed by atoms with E-state index < -0.39 is 0 Å². The molecule has 0 bridgehead atoms. The van der Waals surface area contributed by atoms with Crippen molar-refractivity contribution in [2.24, 2.45) is 4.99 Å². The Morgan fingerprint density at radius 1 is 1.75 bits per heavy atom. The van der Waals surface area contributed by atoms with Crippen molar-refractivity contribution in [3.63, 3.8) is 0 Å². The van der Waals surface area contributed by atoms with Crippen LogP contribution in [0.4, 0.5) is 0 Å². The van der Waals surface area contributed by atoms with Crippen molar-refractivity contribution in [1.29, 1.82) is 0 Å². The molecule has 0 saturated carbocycles. The molecule has 0 unspecified atom stereocenters. The zero-order valence-corrected chi connectivity index (χ0v) is 5.74. The third-order valence-corrected chi connectivity index (χ3v) is 0.723. The van der Waals surface area contributed by atoms with Crippen molar-refractivity contribution in [3.05, 3.63) is 11.4 Å². The first-order chi connectivity index (χ1) is 3.81. The Morgan fingerprint density at radius 3 is 2.75 bits per heavy atom. The molecule has 0 amide bonds. The van der Waals surface area contributed by atoms with Crippen LogP contribution in [0.1, 0.15) is 6.92 Å². The lowest BCUT2D eigenvalue weighted by Crippen LogP contribution is -1.91. The van der Waals surface area contributed by atoms with Crippen LogP contribution in [0, 0.1) is 0 Å². The molecule has 46 valence electrons. The molecule has 0 aliphatic carbocycles. The average molecular weight is 133 g/mol. The molecule has 0 aliphatic rings. The smallest absolute Gasteiger partial charge is 0.144 e. The highest BCUT2D eigenvalue weighted by atomic mass is 35.5. The molecule has 0 atom stereocenters. The number of nitrogens with one attached hydrogen (secondary N) is 1. The minimum Gasteiger partial charge on any atom is -0.392 e. The van der Waals surface area contributed by atoms with Gasteiger partial charge in [-0.25, -0.2) is 4.99 Å². The molecule has 0 aromatic carbocycles. The largest absolute Gasteiger partial charge is 0.392 e. The van der Waals surface area contributed by atoms with Gasteiger partial charge in [0.05, 0.1) is 0 Å². The van der Waals surface area contributed by atoms with Crippen molar-refractivity contribution in [2.45, 2.75) is 6.92 Å². The van der Waals surface area contributed by atoms with E-state index in [1.165, 1.54) is 0 Å². The fourth-order valence-corrected chi connectivity index (χ4v) is 0.486. The second-order valence-electron chi connectivity index (χ2n) is 1.14. The number of hydrogen-bond acceptors (Lipinski definition) is 2. The van der Waals surface area contributed by atoms with Gasteiger partial charge in [0.1, 0.15) is 5.16 Å². The highest BCUT2D eigenvalue weighted by Gasteiger charge is 1.77. The molecule has 0 saturated heterocycles. The maximum Gasteiger partial charge on any atom is 0.144 e. The maximum atomic E-state index is 5.48. The van der Waals surface area contributed by atoms with Crippen molar-refractivity contribution >= 4 is 17.8 Å². The molecule has 0 radical (unpaired) electrons. The predicted octanol–water partition coefficient (Wildman–Crippen LogP) is 1.33. The summed E-state index contributed by atoms with van der Waals surface area (Å²) in [6.07, 6.45) is 3.25. The van der Waals surface area contributed by atoms with Crippen LogP contribution < -0.4 is 5.32 Å². The summed E-state index contributed by atoms with van der Waals surface area (Å²) in [6, 6.07) is 0. The molecule has 8 heavy (non-hydrogen) atoms. The number of halogens is 1. The SMILES string of the molecule is CC=N/C(Cl)=C\NC. The third kappa shape index (κ3) is 3.68. The second-order valence-corrected chi connectivity index (χ2v) is 1.53. The first-order valence-electron chi connectivity index (χ1n) is 2.33. The quantitative estimate of drug-likeness (QED) is 0.445. The van der Waals surface area contributed by atoms with Crippen LogP contribution in [0.3, 0.4) is 0 Å². The van der Waals surface area contributed by atoms with Crippen LogP contribution >= 0.6 is 11.6 Å². The van der Waals surface area contributed by atoms with Gasteiger partial charge in [0.15, 0.2) is 0 Å². The van der Waals surface area contributed by atoms with Crippen LogP contribution in [0.2, 0.25) is 0 Å². The van der Waals surface area contributed by atoms with E-state index in [1.807, 2.05) is 6.92 Å². The van der Waals surface area contributed by atoms with Gasteiger partial charge in [0.2, 0.25) is 0 Å². The highest BCUT2D eigenvalue weighted by Crippen LogP contribution is 1.97. The van der Waals surface area contributed by atoms with Gasteiger partial charge < -0.3 is 5.32 Å². The van der Waals surface area contributed by atoms with E-state index in [-0.39, 0.29) is 0 Å². The van der Waals surface area contributed by atoms with Gasteiger partial charge in [0.25, 0.3) is 0 Å². The maximum absolute atomic E-state index is 5.48. The fourth-order valence-electron chi connectivity index (χ4n) is 0.280. The minimum atomic E-state index is 0.468. The summed E-state index contributed by atoms with van der Waals surface area (Å²) in [7, 11) is 1.77. The Morgan fingerprint density at radius 2 is 2.38 bits per heavy atom. The molecule has 0 aromatic heterocycles. The summed E-state index contributed by atoms with van der Waals surface area (Å²) in [5.41, 5.74) is 0. The van der Waals surface area contributed by atoms with Crippen LogP contribution in [0.25, 0.3) is 0 Å². The van der Waals surface area contributed by atoms with Crippen molar-refractivity contribution in [3.8, 4) is 0 Å². The van der Waals surface area contributed by atoms with Crippen LogP contribution in [-0.4, -0.2) is 13.3 Å². The Labute approximate surface area is 54.3 Å². The lowest BCUT2D eigenvalue weighted by Gasteiger charge is -1.85. The van der Waals surface area contributed by atoms with Crippen LogP contribution in [-0.2, 0) is 0 Å². The number of aliphatic imine (C=N–C) groups is 1. The lowest BCUT2D eigenvalue weighted by molar-refractivity contribution is 1.09.